The number of aryl methyl sites for hydroxylation is 1. The van der Waals surface area contributed by atoms with Crippen molar-refractivity contribution in [1.29, 1.82) is 0 Å². The highest BCUT2D eigenvalue weighted by Gasteiger charge is 2.08. The van der Waals surface area contributed by atoms with E-state index in [1.54, 1.807) is 0 Å². The lowest BCUT2D eigenvalue weighted by atomic mass is 10.1. The number of primary amides is 1. The molecule has 0 aromatic heterocycles. The molecule has 2 N–H and O–H groups in total. The molecule has 0 saturated carbocycles. The molecule has 0 heterocycles. The van der Waals surface area contributed by atoms with Gasteiger partial charge in [-0.15, -0.1) is 0 Å². The standard InChI is InChI=1S/C16H15NO2/c1-12-7-9-13(10-8-12)15(16(17)18)11-19-14-5-3-2-4-6-14/h2-11H,1H3,(H2,17,18). The average molecular weight is 253 g/mol. The summed E-state index contributed by atoms with van der Waals surface area (Å²) in [7, 11) is 0. The molecule has 0 aliphatic heterocycles. The minimum absolute atomic E-state index is 0.351. The van der Waals surface area contributed by atoms with Crippen LogP contribution in [0.2, 0.25) is 0 Å². The molecule has 3 heteroatoms. The molecule has 2 aromatic carbocycles. The lowest BCUT2D eigenvalue weighted by molar-refractivity contribution is -0.112. The van der Waals surface area contributed by atoms with Crippen LogP contribution in [0.4, 0.5) is 0 Å². The maximum Gasteiger partial charge on any atom is 0.252 e. The number of carbonyl (C=O) groups excluding carboxylic acids is 1. The van der Waals surface area contributed by atoms with Crippen molar-refractivity contribution in [1.82, 2.24) is 0 Å². The molecular weight excluding hydrogens is 238 g/mol. The topological polar surface area (TPSA) is 52.3 Å². The smallest absolute Gasteiger partial charge is 0.252 e. The summed E-state index contributed by atoms with van der Waals surface area (Å²) in [6.45, 7) is 1.98. The molecule has 0 radical (unpaired) electrons. The Morgan fingerprint density at radius 2 is 1.68 bits per heavy atom. The fourth-order valence-electron chi connectivity index (χ4n) is 1.63. The molecule has 3 nitrogen and oxygen atoms in total. The zero-order valence-corrected chi connectivity index (χ0v) is 10.7. The number of carbonyl (C=O) groups is 1. The average Bonchev–Trinajstić information content (AvgIpc) is 2.42. The summed E-state index contributed by atoms with van der Waals surface area (Å²) < 4.78 is 5.45. The molecule has 96 valence electrons. The molecule has 0 unspecified atom stereocenters. The summed E-state index contributed by atoms with van der Waals surface area (Å²) in [4.78, 5) is 11.5. The Hall–Kier alpha value is -2.55. The van der Waals surface area contributed by atoms with E-state index < -0.39 is 5.91 Å². The van der Waals surface area contributed by atoms with Crippen molar-refractivity contribution in [3.63, 3.8) is 0 Å². The second-order valence-corrected chi connectivity index (χ2v) is 4.19. The minimum Gasteiger partial charge on any atom is -0.464 e. The highest BCUT2D eigenvalue weighted by atomic mass is 16.5. The first kappa shape index (κ1) is 12.9. The van der Waals surface area contributed by atoms with Gasteiger partial charge in [-0.3, -0.25) is 4.79 Å². The van der Waals surface area contributed by atoms with Crippen molar-refractivity contribution in [3.8, 4) is 5.75 Å². The van der Waals surface area contributed by atoms with Gasteiger partial charge in [-0.1, -0.05) is 48.0 Å². The van der Waals surface area contributed by atoms with Gasteiger partial charge in [0.05, 0.1) is 5.57 Å². The summed E-state index contributed by atoms with van der Waals surface area (Å²) >= 11 is 0. The number of benzene rings is 2. The molecule has 0 bridgehead atoms. The summed E-state index contributed by atoms with van der Waals surface area (Å²) in [5, 5.41) is 0. The van der Waals surface area contributed by atoms with E-state index in [2.05, 4.69) is 0 Å². The van der Waals surface area contributed by atoms with Crippen LogP contribution in [0.5, 0.6) is 5.75 Å². The molecule has 2 aromatic rings. The molecule has 0 aliphatic carbocycles. The van der Waals surface area contributed by atoms with Crippen LogP contribution in [-0.2, 0) is 4.79 Å². The van der Waals surface area contributed by atoms with E-state index in [-0.39, 0.29) is 0 Å². The number of hydrogen-bond acceptors (Lipinski definition) is 2. The van der Waals surface area contributed by atoms with Crippen molar-refractivity contribution >= 4 is 11.5 Å². The van der Waals surface area contributed by atoms with Crippen LogP contribution in [0, 0.1) is 6.92 Å². The Kier molecular flexibility index (Phi) is 3.98. The SMILES string of the molecule is Cc1ccc(C(=COc2ccccc2)C(N)=O)cc1. The van der Waals surface area contributed by atoms with Gasteiger partial charge in [-0.25, -0.2) is 0 Å². The van der Waals surface area contributed by atoms with Gasteiger partial charge in [-0.05, 0) is 24.6 Å². The van der Waals surface area contributed by atoms with Crippen LogP contribution < -0.4 is 10.5 Å². The first-order valence-corrected chi connectivity index (χ1v) is 5.95. The highest BCUT2D eigenvalue weighted by Crippen LogP contribution is 2.17. The number of ether oxygens (including phenoxy) is 1. The summed E-state index contributed by atoms with van der Waals surface area (Å²) in [5.74, 6) is 0.146. The van der Waals surface area contributed by atoms with Crippen molar-refractivity contribution in [3.05, 3.63) is 72.0 Å². The Labute approximate surface area is 112 Å². The third-order valence-corrected chi connectivity index (χ3v) is 2.68. The molecular formula is C16H15NO2. The first-order valence-electron chi connectivity index (χ1n) is 5.95. The maximum atomic E-state index is 11.5. The zero-order valence-electron chi connectivity index (χ0n) is 10.7. The predicted octanol–water partition coefficient (Wildman–Crippen LogP) is 2.90. The molecule has 2 rings (SSSR count). The van der Waals surface area contributed by atoms with Gasteiger partial charge >= 0.3 is 0 Å². The molecule has 19 heavy (non-hydrogen) atoms. The van der Waals surface area contributed by atoms with Crippen LogP contribution in [-0.4, -0.2) is 5.91 Å². The lowest BCUT2D eigenvalue weighted by Crippen LogP contribution is -2.13. The van der Waals surface area contributed by atoms with Crippen LogP contribution in [0.3, 0.4) is 0 Å². The summed E-state index contributed by atoms with van der Waals surface area (Å²) in [6.07, 6.45) is 1.39. The largest absolute Gasteiger partial charge is 0.464 e. The van der Waals surface area contributed by atoms with Crippen LogP contribution in [0.15, 0.2) is 60.9 Å². The van der Waals surface area contributed by atoms with Crippen molar-refractivity contribution < 1.29 is 9.53 Å². The number of para-hydroxylation sites is 1. The zero-order chi connectivity index (χ0) is 13.7. The Balaban J connectivity index is 2.25. The number of amides is 1. The van der Waals surface area contributed by atoms with Gasteiger partial charge in [0, 0.05) is 0 Å². The monoisotopic (exact) mass is 253 g/mol. The summed E-state index contributed by atoms with van der Waals surface area (Å²) in [6, 6.07) is 16.8. The second kappa shape index (κ2) is 5.87. The lowest BCUT2D eigenvalue weighted by Gasteiger charge is -2.05. The van der Waals surface area contributed by atoms with Gasteiger partial charge in [0.1, 0.15) is 12.0 Å². The highest BCUT2D eigenvalue weighted by molar-refractivity contribution is 6.18. The Morgan fingerprint density at radius 3 is 2.26 bits per heavy atom. The van der Waals surface area contributed by atoms with Crippen LogP contribution in [0.25, 0.3) is 5.57 Å². The molecule has 0 fully saturated rings. The van der Waals surface area contributed by atoms with Gasteiger partial charge in [0.25, 0.3) is 5.91 Å². The van der Waals surface area contributed by atoms with E-state index in [9.17, 15) is 4.79 Å². The fraction of sp³-hybridized carbons (Fsp3) is 0.0625. The predicted molar refractivity (Wildman–Crippen MR) is 75.4 cm³/mol. The van der Waals surface area contributed by atoms with Crippen molar-refractivity contribution in [2.75, 3.05) is 0 Å². The van der Waals surface area contributed by atoms with Gasteiger partial charge < -0.3 is 10.5 Å². The minimum atomic E-state index is -0.514. The fourth-order valence-corrected chi connectivity index (χ4v) is 1.63. The van der Waals surface area contributed by atoms with E-state index in [4.69, 9.17) is 10.5 Å². The molecule has 0 saturated heterocycles. The normalized spacial score (nSPS) is 11.1. The number of hydrogen-bond donors (Lipinski definition) is 1. The van der Waals surface area contributed by atoms with Crippen molar-refractivity contribution in [2.24, 2.45) is 5.73 Å². The third-order valence-electron chi connectivity index (χ3n) is 2.68. The van der Waals surface area contributed by atoms with Gasteiger partial charge in [-0.2, -0.15) is 0 Å². The molecule has 1 amide bonds. The van der Waals surface area contributed by atoms with Gasteiger partial charge in [0.15, 0.2) is 0 Å². The van der Waals surface area contributed by atoms with E-state index in [1.165, 1.54) is 6.26 Å². The van der Waals surface area contributed by atoms with E-state index in [0.29, 0.717) is 11.3 Å². The Bertz CT molecular complexity index is 586. The molecule has 0 atom stereocenters. The van der Waals surface area contributed by atoms with E-state index in [0.717, 1.165) is 11.1 Å². The molecule has 0 spiro atoms. The number of rotatable bonds is 4. The van der Waals surface area contributed by atoms with Gasteiger partial charge in [0.2, 0.25) is 0 Å². The Morgan fingerprint density at radius 1 is 1.05 bits per heavy atom. The van der Waals surface area contributed by atoms with E-state index in [1.807, 2.05) is 61.5 Å². The van der Waals surface area contributed by atoms with E-state index >= 15 is 0 Å². The van der Waals surface area contributed by atoms with Crippen LogP contribution in [0.1, 0.15) is 11.1 Å². The summed E-state index contributed by atoms with van der Waals surface area (Å²) in [5.41, 5.74) is 7.60. The maximum absolute atomic E-state index is 11.5. The quantitative estimate of drug-likeness (QED) is 0.672. The molecule has 0 aliphatic rings. The first-order chi connectivity index (χ1) is 9.16. The number of nitrogens with two attached hydrogens (primary N) is 1. The second-order valence-electron chi connectivity index (χ2n) is 4.19. The van der Waals surface area contributed by atoms with Crippen molar-refractivity contribution in [2.45, 2.75) is 6.92 Å². The van der Waals surface area contributed by atoms with Crippen LogP contribution >= 0.6 is 0 Å². The third kappa shape index (κ3) is 3.45.